The molecular formula is C11H18N4O3. The molecule has 2 N–H and O–H groups in total. The fourth-order valence-corrected chi connectivity index (χ4v) is 1.87. The molecule has 0 bridgehead atoms. The van der Waals surface area contributed by atoms with E-state index in [-0.39, 0.29) is 18.0 Å². The number of aromatic nitrogens is 2. The van der Waals surface area contributed by atoms with E-state index in [4.69, 9.17) is 14.9 Å². The third kappa shape index (κ3) is 2.91. The maximum absolute atomic E-state index is 11.9. The number of anilines is 1. The van der Waals surface area contributed by atoms with Crippen molar-refractivity contribution in [2.24, 2.45) is 0 Å². The first-order valence-electron chi connectivity index (χ1n) is 5.92. The quantitative estimate of drug-likeness (QED) is 0.813. The lowest BCUT2D eigenvalue weighted by Gasteiger charge is -2.24. The zero-order valence-electron chi connectivity index (χ0n) is 10.8. The van der Waals surface area contributed by atoms with Gasteiger partial charge in [0.25, 0.3) is 0 Å². The highest BCUT2D eigenvalue weighted by Gasteiger charge is 2.33. The zero-order valence-corrected chi connectivity index (χ0v) is 10.8. The van der Waals surface area contributed by atoms with Crippen molar-refractivity contribution < 1.29 is 13.9 Å². The van der Waals surface area contributed by atoms with E-state index in [2.05, 4.69) is 10.2 Å². The average Bonchev–Trinajstić information content (AvgIpc) is 2.82. The first-order valence-corrected chi connectivity index (χ1v) is 5.92. The van der Waals surface area contributed by atoms with Gasteiger partial charge >= 0.3 is 12.1 Å². The summed E-state index contributed by atoms with van der Waals surface area (Å²) in [6.45, 7) is 6.68. The van der Waals surface area contributed by atoms with Gasteiger partial charge in [0, 0.05) is 13.1 Å². The second-order valence-electron chi connectivity index (χ2n) is 5.39. The highest BCUT2D eigenvalue weighted by molar-refractivity contribution is 5.68. The van der Waals surface area contributed by atoms with Crippen LogP contribution >= 0.6 is 0 Å². The van der Waals surface area contributed by atoms with Gasteiger partial charge in [0.15, 0.2) is 0 Å². The van der Waals surface area contributed by atoms with Gasteiger partial charge in [-0.05, 0) is 27.2 Å². The van der Waals surface area contributed by atoms with E-state index in [0.717, 1.165) is 6.42 Å². The monoisotopic (exact) mass is 254 g/mol. The van der Waals surface area contributed by atoms with Crippen molar-refractivity contribution in [3.63, 3.8) is 0 Å². The third-order valence-corrected chi connectivity index (χ3v) is 2.65. The molecule has 0 aliphatic carbocycles. The molecule has 1 aliphatic rings. The molecule has 2 rings (SSSR count). The first-order chi connectivity index (χ1) is 8.35. The van der Waals surface area contributed by atoms with Crippen LogP contribution in [-0.2, 0) is 4.74 Å². The Bertz CT molecular complexity index is 438. The van der Waals surface area contributed by atoms with Crippen LogP contribution in [0.25, 0.3) is 0 Å². The van der Waals surface area contributed by atoms with Crippen molar-refractivity contribution >= 4 is 12.1 Å². The van der Waals surface area contributed by atoms with E-state index in [9.17, 15) is 4.79 Å². The molecule has 0 unspecified atom stereocenters. The largest absolute Gasteiger partial charge is 0.444 e. The van der Waals surface area contributed by atoms with Crippen LogP contribution in [0.15, 0.2) is 4.42 Å². The SMILES string of the molecule is CC(C)(C)OC(=O)N1CC[C@H](c2nnc(N)o2)C1. The standard InChI is InChI=1S/C11H18N4O3/c1-11(2,3)18-10(16)15-5-4-7(6-15)8-13-14-9(12)17-8/h7H,4-6H2,1-3H3,(H2,12,14)/t7-/m0/s1. The summed E-state index contributed by atoms with van der Waals surface area (Å²) < 4.78 is 10.5. The molecule has 1 aromatic heterocycles. The second kappa shape index (κ2) is 4.47. The third-order valence-electron chi connectivity index (χ3n) is 2.65. The van der Waals surface area contributed by atoms with Gasteiger partial charge in [-0.15, -0.1) is 5.10 Å². The predicted octanol–water partition coefficient (Wildman–Crippen LogP) is 1.38. The van der Waals surface area contributed by atoms with Crippen molar-refractivity contribution in [3.8, 4) is 0 Å². The minimum atomic E-state index is -0.482. The number of hydrogen-bond donors (Lipinski definition) is 1. The Morgan fingerprint density at radius 1 is 1.50 bits per heavy atom. The normalized spacial score (nSPS) is 20.2. The van der Waals surface area contributed by atoms with Gasteiger partial charge in [-0.25, -0.2) is 4.79 Å². The summed E-state index contributed by atoms with van der Waals surface area (Å²) in [5.74, 6) is 0.529. The highest BCUT2D eigenvalue weighted by atomic mass is 16.6. The number of ether oxygens (including phenoxy) is 1. The van der Waals surface area contributed by atoms with Crippen LogP contribution in [0.3, 0.4) is 0 Å². The molecule has 0 radical (unpaired) electrons. The Labute approximate surface area is 105 Å². The smallest absolute Gasteiger partial charge is 0.410 e. The molecule has 18 heavy (non-hydrogen) atoms. The number of nitrogens with zero attached hydrogens (tertiary/aromatic N) is 3. The molecule has 7 nitrogen and oxygen atoms in total. The Balaban J connectivity index is 1.94. The zero-order chi connectivity index (χ0) is 13.3. The average molecular weight is 254 g/mol. The maximum atomic E-state index is 11.9. The summed E-state index contributed by atoms with van der Waals surface area (Å²) in [6, 6.07) is 0.0562. The molecule has 1 fully saturated rings. The molecule has 7 heteroatoms. The number of nitrogen functional groups attached to an aromatic ring is 1. The number of nitrogens with two attached hydrogens (primary N) is 1. The van der Waals surface area contributed by atoms with E-state index in [1.54, 1.807) is 4.90 Å². The van der Waals surface area contributed by atoms with Gasteiger partial charge in [0.1, 0.15) is 5.60 Å². The van der Waals surface area contributed by atoms with E-state index in [0.29, 0.717) is 19.0 Å². The molecule has 1 aromatic rings. The molecule has 2 heterocycles. The topological polar surface area (TPSA) is 94.5 Å². The summed E-state index contributed by atoms with van der Waals surface area (Å²) >= 11 is 0. The van der Waals surface area contributed by atoms with Crippen molar-refractivity contribution in [3.05, 3.63) is 5.89 Å². The van der Waals surface area contributed by atoms with Crippen LogP contribution in [-0.4, -0.2) is 39.9 Å². The van der Waals surface area contributed by atoms with E-state index < -0.39 is 5.60 Å². The van der Waals surface area contributed by atoms with Crippen LogP contribution < -0.4 is 5.73 Å². The lowest BCUT2D eigenvalue weighted by molar-refractivity contribution is 0.0291. The van der Waals surface area contributed by atoms with Gasteiger partial charge < -0.3 is 19.8 Å². The van der Waals surface area contributed by atoms with Crippen LogP contribution in [0, 0.1) is 0 Å². The van der Waals surface area contributed by atoms with Crippen LogP contribution in [0.5, 0.6) is 0 Å². The molecule has 100 valence electrons. The number of likely N-dealkylation sites (tertiary alicyclic amines) is 1. The molecule has 1 atom stereocenters. The number of amides is 1. The van der Waals surface area contributed by atoms with Gasteiger partial charge in [-0.3, -0.25) is 0 Å². The Hall–Kier alpha value is -1.79. The first kappa shape index (κ1) is 12.7. The van der Waals surface area contributed by atoms with Crippen molar-refractivity contribution in [1.29, 1.82) is 0 Å². The number of carbonyl (C=O) groups excluding carboxylic acids is 1. The summed E-state index contributed by atoms with van der Waals surface area (Å²) in [4.78, 5) is 13.5. The molecule has 0 aromatic carbocycles. The minimum absolute atomic E-state index is 0.0438. The maximum Gasteiger partial charge on any atom is 0.410 e. The highest BCUT2D eigenvalue weighted by Crippen LogP contribution is 2.27. The van der Waals surface area contributed by atoms with Crippen molar-refractivity contribution in [2.75, 3.05) is 18.8 Å². The lowest BCUT2D eigenvalue weighted by Crippen LogP contribution is -2.35. The van der Waals surface area contributed by atoms with Crippen molar-refractivity contribution in [2.45, 2.75) is 38.7 Å². The van der Waals surface area contributed by atoms with Crippen LogP contribution in [0.2, 0.25) is 0 Å². The molecule has 0 spiro atoms. The van der Waals surface area contributed by atoms with Gasteiger partial charge in [0.05, 0.1) is 5.92 Å². The van der Waals surface area contributed by atoms with E-state index >= 15 is 0 Å². The summed E-state index contributed by atoms with van der Waals surface area (Å²) in [5, 5.41) is 7.46. The number of hydrogen-bond acceptors (Lipinski definition) is 6. The van der Waals surface area contributed by atoms with Gasteiger partial charge in [-0.2, -0.15) is 0 Å². The Kier molecular flexibility index (Phi) is 3.14. The van der Waals surface area contributed by atoms with E-state index in [1.807, 2.05) is 20.8 Å². The van der Waals surface area contributed by atoms with Gasteiger partial charge in [0.2, 0.25) is 5.89 Å². The lowest BCUT2D eigenvalue weighted by atomic mass is 10.1. The van der Waals surface area contributed by atoms with Gasteiger partial charge in [-0.1, -0.05) is 5.10 Å². The van der Waals surface area contributed by atoms with Crippen LogP contribution in [0.4, 0.5) is 10.8 Å². The summed E-state index contributed by atoms with van der Waals surface area (Å²) in [5.41, 5.74) is 4.90. The molecule has 0 saturated carbocycles. The minimum Gasteiger partial charge on any atom is -0.444 e. The van der Waals surface area contributed by atoms with E-state index in [1.165, 1.54) is 0 Å². The Morgan fingerprint density at radius 3 is 2.78 bits per heavy atom. The number of carbonyl (C=O) groups is 1. The summed E-state index contributed by atoms with van der Waals surface area (Å²) in [7, 11) is 0. The second-order valence-corrected chi connectivity index (χ2v) is 5.39. The molecule has 1 amide bonds. The summed E-state index contributed by atoms with van der Waals surface area (Å²) in [6.07, 6.45) is 0.471. The number of rotatable bonds is 1. The Morgan fingerprint density at radius 2 is 2.22 bits per heavy atom. The molecule has 1 saturated heterocycles. The molecule has 1 aliphatic heterocycles. The fraction of sp³-hybridized carbons (Fsp3) is 0.727. The molecular weight excluding hydrogens is 236 g/mol. The predicted molar refractivity (Wildman–Crippen MR) is 63.9 cm³/mol. The van der Waals surface area contributed by atoms with Crippen LogP contribution in [0.1, 0.15) is 39.0 Å². The van der Waals surface area contributed by atoms with Crippen molar-refractivity contribution in [1.82, 2.24) is 15.1 Å². The fourth-order valence-electron chi connectivity index (χ4n) is 1.87.